The molecular weight excluding hydrogens is 296 g/mol. The highest BCUT2D eigenvalue weighted by Crippen LogP contribution is 2.20. The highest BCUT2D eigenvalue weighted by atomic mass is 79.9. The standard InChI is InChI=1S/C13H15BrN2S/c1-9-4-5-17-13(9)8-16-7-10-2-3-11(14)12(15)6-10/h2-6,16H,7-8,15H2,1H3. The second kappa shape index (κ2) is 5.67. The van der Waals surface area contributed by atoms with E-state index >= 15 is 0 Å². The molecule has 17 heavy (non-hydrogen) atoms. The molecule has 0 aliphatic rings. The van der Waals surface area contributed by atoms with Crippen molar-refractivity contribution in [2.75, 3.05) is 5.73 Å². The molecule has 0 radical (unpaired) electrons. The number of hydrogen-bond donors (Lipinski definition) is 2. The molecule has 3 N–H and O–H groups in total. The van der Waals surface area contributed by atoms with Gasteiger partial charge in [0.1, 0.15) is 0 Å². The molecule has 0 spiro atoms. The molecule has 0 atom stereocenters. The minimum atomic E-state index is 0.789. The zero-order valence-electron chi connectivity index (χ0n) is 9.66. The van der Waals surface area contributed by atoms with Crippen LogP contribution in [0.5, 0.6) is 0 Å². The third-order valence-electron chi connectivity index (χ3n) is 2.64. The monoisotopic (exact) mass is 310 g/mol. The van der Waals surface area contributed by atoms with Crippen LogP contribution in [0.1, 0.15) is 16.0 Å². The van der Waals surface area contributed by atoms with Crippen LogP contribution in [0.3, 0.4) is 0 Å². The number of rotatable bonds is 4. The van der Waals surface area contributed by atoms with Gasteiger partial charge in [0.15, 0.2) is 0 Å². The summed E-state index contributed by atoms with van der Waals surface area (Å²) in [5.74, 6) is 0. The molecule has 0 aliphatic heterocycles. The number of benzene rings is 1. The average molecular weight is 311 g/mol. The lowest BCUT2D eigenvalue weighted by Crippen LogP contribution is -2.12. The van der Waals surface area contributed by atoms with Gasteiger partial charge in [0.2, 0.25) is 0 Å². The average Bonchev–Trinajstić information content (AvgIpc) is 2.70. The predicted octanol–water partition coefficient (Wildman–Crippen LogP) is 3.69. The topological polar surface area (TPSA) is 38.0 Å². The summed E-state index contributed by atoms with van der Waals surface area (Å²) in [7, 11) is 0. The Balaban J connectivity index is 1.90. The van der Waals surface area contributed by atoms with Gasteiger partial charge in [-0.1, -0.05) is 6.07 Å². The number of aryl methyl sites for hydroxylation is 1. The summed E-state index contributed by atoms with van der Waals surface area (Å²) in [6, 6.07) is 8.22. The van der Waals surface area contributed by atoms with Crippen molar-refractivity contribution < 1.29 is 0 Å². The van der Waals surface area contributed by atoms with Crippen LogP contribution in [0.25, 0.3) is 0 Å². The van der Waals surface area contributed by atoms with E-state index in [0.29, 0.717) is 0 Å². The molecule has 90 valence electrons. The Morgan fingerprint density at radius 3 is 2.76 bits per heavy atom. The third-order valence-corrected chi connectivity index (χ3v) is 4.39. The van der Waals surface area contributed by atoms with Crippen molar-refractivity contribution in [1.82, 2.24) is 5.32 Å². The summed E-state index contributed by atoms with van der Waals surface area (Å²) in [5, 5.41) is 5.56. The molecule has 2 nitrogen and oxygen atoms in total. The maximum Gasteiger partial charge on any atom is 0.0461 e. The normalized spacial score (nSPS) is 10.7. The van der Waals surface area contributed by atoms with Gasteiger partial charge < -0.3 is 11.1 Å². The second-order valence-corrected chi connectivity index (χ2v) is 5.84. The largest absolute Gasteiger partial charge is 0.398 e. The van der Waals surface area contributed by atoms with Crippen LogP contribution in [0.2, 0.25) is 0 Å². The van der Waals surface area contributed by atoms with E-state index in [1.807, 2.05) is 12.1 Å². The van der Waals surface area contributed by atoms with E-state index in [9.17, 15) is 0 Å². The van der Waals surface area contributed by atoms with Crippen molar-refractivity contribution >= 4 is 33.0 Å². The molecule has 0 bridgehead atoms. The van der Waals surface area contributed by atoms with Gasteiger partial charge in [-0.15, -0.1) is 11.3 Å². The van der Waals surface area contributed by atoms with E-state index in [0.717, 1.165) is 23.2 Å². The number of nitrogens with two attached hydrogens (primary N) is 1. The smallest absolute Gasteiger partial charge is 0.0461 e. The number of nitrogen functional groups attached to an aromatic ring is 1. The Morgan fingerprint density at radius 1 is 1.29 bits per heavy atom. The zero-order chi connectivity index (χ0) is 12.3. The van der Waals surface area contributed by atoms with Crippen molar-refractivity contribution in [3.63, 3.8) is 0 Å². The Bertz CT molecular complexity index is 508. The lowest BCUT2D eigenvalue weighted by molar-refractivity contribution is 0.699. The number of thiophene rings is 1. The van der Waals surface area contributed by atoms with Crippen molar-refractivity contribution in [3.8, 4) is 0 Å². The molecule has 2 aromatic rings. The van der Waals surface area contributed by atoms with Crippen molar-refractivity contribution in [2.45, 2.75) is 20.0 Å². The number of halogens is 1. The molecule has 0 unspecified atom stereocenters. The van der Waals surface area contributed by atoms with Crippen molar-refractivity contribution in [1.29, 1.82) is 0 Å². The molecule has 0 fully saturated rings. The highest BCUT2D eigenvalue weighted by Gasteiger charge is 2.00. The van der Waals surface area contributed by atoms with Crippen LogP contribution in [0, 0.1) is 6.92 Å². The van der Waals surface area contributed by atoms with Crippen LogP contribution >= 0.6 is 27.3 Å². The maximum absolute atomic E-state index is 5.84. The van der Waals surface area contributed by atoms with E-state index in [2.05, 4.69) is 45.7 Å². The van der Waals surface area contributed by atoms with Crippen LogP contribution < -0.4 is 11.1 Å². The first-order chi connectivity index (χ1) is 8.16. The Labute approximate surface area is 114 Å². The predicted molar refractivity (Wildman–Crippen MR) is 78.2 cm³/mol. The van der Waals surface area contributed by atoms with Gasteiger partial charge >= 0.3 is 0 Å². The van der Waals surface area contributed by atoms with Gasteiger partial charge in [-0.05, 0) is 57.6 Å². The number of hydrogen-bond acceptors (Lipinski definition) is 3. The molecule has 0 saturated heterocycles. The van der Waals surface area contributed by atoms with Crippen LogP contribution in [0.4, 0.5) is 5.69 Å². The Kier molecular flexibility index (Phi) is 4.20. The lowest BCUT2D eigenvalue weighted by Gasteiger charge is -2.06. The summed E-state index contributed by atoms with van der Waals surface area (Å²) >= 11 is 5.19. The first kappa shape index (κ1) is 12.6. The fourth-order valence-corrected chi connectivity index (χ4v) is 2.73. The fraction of sp³-hybridized carbons (Fsp3) is 0.231. The molecular formula is C13H15BrN2S. The highest BCUT2D eigenvalue weighted by molar-refractivity contribution is 9.10. The minimum absolute atomic E-state index is 0.789. The molecule has 0 amide bonds. The van der Waals surface area contributed by atoms with Crippen molar-refractivity contribution in [3.05, 3.63) is 50.1 Å². The first-order valence-electron chi connectivity index (χ1n) is 5.44. The second-order valence-electron chi connectivity index (χ2n) is 3.99. The molecule has 0 aliphatic carbocycles. The molecule has 2 rings (SSSR count). The SMILES string of the molecule is Cc1ccsc1CNCc1ccc(Br)c(N)c1. The summed E-state index contributed by atoms with van der Waals surface area (Å²) in [4.78, 5) is 1.40. The first-order valence-corrected chi connectivity index (χ1v) is 7.11. The van der Waals surface area contributed by atoms with E-state index in [-0.39, 0.29) is 0 Å². The Morgan fingerprint density at radius 2 is 2.12 bits per heavy atom. The Hall–Kier alpha value is -0.840. The quantitative estimate of drug-likeness (QED) is 0.845. The number of nitrogens with one attached hydrogen (secondary N) is 1. The van der Waals surface area contributed by atoms with Gasteiger partial charge in [0, 0.05) is 28.1 Å². The number of anilines is 1. The van der Waals surface area contributed by atoms with Crippen molar-refractivity contribution in [2.24, 2.45) is 0 Å². The van der Waals surface area contributed by atoms with E-state index in [4.69, 9.17) is 5.73 Å². The summed E-state index contributed by atoms with van der Waals surface area (Å²) < 4.78 is 0.954. The zero-order valence-corrected chi connectivity index (χ0v) is 12.1. The van der Waals surface area contributed by atoms with Gasteiger partial charge in [-0.25, -0.2) is 0 Å². The summed E-state index contributed by atoms with van der Waals surface area (Å²) in [6.07, 6.45) is 0. The molecule has 0 saturated carbocycles. The van der Waals surface area contributed by atoms with Crippen LogP contribution in [-0.4, -0.2) is 0 Å². The summed E-state index contributed by atoms with van der Waals surface area (Å²) in [5.41, 5.74) is 9.19. The van der Waals surface area contributed by atoms with E-state index in [1.54, 1.807) is 11.3 Å². The van der Waals surface area contributed by atoms with Gasteiger partial charge in [0.25, 0.3) is 0 Å². The molecule has 1 heterocycles. The summed E-state index contributed by atoms with van der Waals surface area (Å²) in [6.45, 7) is 3.90. The van der Waals surface area contributed by atoms with Gasteiger partial charge in [-0.3, -0.25) is 0 Å². The maximum atomic E-state index is 5.84. The fourth-order valence-electron chi connectivity index (χ4n) is 1.61. The third kappa shape index (κ3) is 3.31. The van der Waals surface area contributed by atoms with Crippen LogP contribution in [0.15, 0.2) is 34.1 Å². The van der Waals surface area contributed by atoms with Crippen LogP contribution in [-0.2, 0) is 13.1 Å². The van der Waals surface area contributed by atoms with E-state index in [1.165, 1.54) is 16.0 Å². The minimum Gasteiger partial charge on any atom is -0.398 e. The van der Waals surface area contributed by atoms with E-state index < -0.39 is 0 Å². The molecule has 4 heteroatoms. The molecule has 1 aromatic heterocycles. The van der Waals surface area contributed by atoms with Gasteiger partial charge in [0.05, 0.1) is 0 Å². The van der Waals surface area contributed by atoms with Gasteiger partial charge in [-0.2, -0.15) is 0 Å². The molecule has 1 aromatic carbocycles. The lowest BCUT2D eigenvalue weighted by atomic mass is 10.2.